The first-order chi connectivity index (χ1) is 10.1. The number of para-hydroxylation sites is 1. The number of hydrogen-bond acceptors (Lipinski definition) is 4. The van der Waals surface area contributed by atoms with Gasteiger partial charge in [0.25, 0.3) is 0 Å². The molecule has 104 valence electrons. The summed E-state index contributed by atoms with van der Waals surface area (Å²) in [6.07, 6.45) is 1.66. The number of anilines is 2. The van der Waals surface area contributed by atoms with Crippen LogP contribution in [0, 0.1) is 6.92 Å². The van der Waals surface area contributed by atoms with Crippen molar-refractivity contribution in [1.82, 2.24) is 9.97 Å². The van der Waals surface area contributed by atoms with Gasteiger partial charge in [0.1, 0.15) is 10.8 Å². The molecule has 3 aromatic rings. The average molecular weight is 294 g/mol. The number of pyridine rings is 2. The first kappa shape index (κ1) is 13.5. The molecule has 21 heavy (non-hydrogen) atoms. The lowest BCUT2D eigenvalue weighted by Gasteiger charge is -2.09. The molecule has 0 atom stereocenters. The second kappa shape index (κ2) is 5.46. The molecule has 1 aromatic carbocycles. The number of nitrogens with two attached hydrogens (primary N) is 1. The first-order valence-electron chi connectivity index (χ1n) is 6.53. The molecular formula is C16H14N4S. The highest BCUT2D eigenvalue weighted by Gasteiger charge is 2.04. The Kier molecular flexibility index (Phi) is 3.50. The minimum Gasteiger partial charge on any atom is -0.389 e. The Bertz CT molecular complexity index is 812. The molecule has 0 aliphatic rings. The summed E-state index contributed by atoms with van der Waals surface area (Å²) in [6.45, 7) is 1.98. The smallest absolute Gasteiger partial charge is 0.130 e. The van der Waals surface area contributed by atoms with Crippen LogP contribution in [0.3, 0.4) is 0 Å². The van der Waals surface area contributed by atoms with E-state index in [4.69, 9.17) is 18.0 Å². The van der Waals surface area contributed by atoms with E-state index >= 15 is 0 Å². The zero-order valence-electron chi connectivity index (χ0n) is 11.5. The maximum absolute atomic E-state index is 5.57. The summed E-state index contributed by atoms with van der Waals surface area (Å²) in [5, 5.41) is 4.37. The first-order valence-corrected chi connectivity index (χ1v) is 6.93. The lowest BCUT2D eigenvalue weighted by atomic mass is 10.1. The molecule has 0 saturated carbocycles. The summed E-state index contributed by atoms with van der Waals surface area (Å²) < 4.78 is 0. The van der Waals surface area contributed by atoms with Crippen LogP contribution >= 0.6 is 12.2 Å². The Labute approximate surface area is 128 Å². The monoisotopic (exact) mass is 294 g/mol. The zero-order valence-corrected chi connectivity index (χ0v) is 12.3. The fraction of sp³-hybridized carbons (Fsp3) is 0.0625. The van der Waals surface area contributed by atoms with Crippen molar-refractivity contribution in [2.24, 2.45) is 5.73 Å². The van der Waals surface area contributed by atoms with Gasteiger partial charge in [-0.15, -0.1) is 0 Å². The number of fused-ring (bicyclic) bond motifs is 1. The number of aromatic nitrogens is 2. The van der Waals surface area contributed by atoms with Gasteiger partial charge in [0.15, 0.2) is 0 Å². The third-order valence-corrected chi connectivity index (χ3v) is 3.41. The van der Waals surface area contributed by atoms with E-state index in [0.29, 0.717) is 4.99 Å². The Morgan fingerprint density at radius 2 is 2.00 bits per heavy atom. The maximum Gasteiger partial charge on any atom is 0.130 e. The van der Waals surface area contributed by atoms with Gasteiger partial charge in [-0.3, -0.25) is 4.98 Å². The van der Waals surface area contributed by atoms with E-state index in [9.17, 15) is 0 Å². The third kappa shape index (κ3) is 2.83. The van der Waals surface area contributed by atoms with Gasteiger partial charge in [0.05, 0.1) is 11.2 Å². The van der Waals surface area contributed by atoms with Gasteiger partial charge >= 0.3 is 0 Å². The molecule has 0 spiro atoms. The Hall–Kier alpha value is -2.53. The zero-order chi connectivity index (χ0) is 14.8. The van der Waals surface area contributed by atoms with Crippen molar-refractivity contribution in [2.45, 2.75) is 6.92 Å². The Balaban J connectivity index is 1.97. The predicted octanol–water partition coefficient (Wildman–Crippen LogP) is 3.32. The maximum atomic E-state index is 5.57. The molecule has 2 aromatic heterocycles. The van der Waals surface area contributed by atoms with Gasteiger partial charge in [-0.1, -0.05) is 30.4 Å². The number of thiocarbonyl (C=S) groups is 1. The quantitative estimate of drug-likeness (QED) is 0.726. The van der Waals surface area contributed by atoms with Crippen molar-refractivity contribution >= 4 is 39.6 Å². The summed E-state index contributed by atoms with van der Waals surface area (Å²) >= 11 is 4.92. The standard InChI is InChI=1S/C16H14N4S/c1-10-5-6-11-3-2-4-13(15(11)19-10)20-14-8-7-12(9-18-14)16(17)21/h2-9H,1H3,(H2,17,21)(H,18,20). The summed E-state index contributed by atoms with van der Waals surface area (Å²) in [5.74, 6) is 0.728. The number of nitrogens with one attached hydrogen (secondary N) is 1. The van der Waals surface area contributed by atoms with E-state index in [1.807, 2.05) is 43.3 Å². The van der Waals surface area contributed by atoms with E-state index < -0.39 is 0 Å². The van der Waals surface area contributed by atoms with Crippen molar-refractivity contribution in [3.05, 3.63) is 59.9 Å². The molecule has 0 saturated heterocycles. The second-order valence-corrected chi connectivity index (χ2v) is 5.19. The van der Waals surface area contributed by atoms with Crippen LogP contribution in [0.1, 0.15) is 11.3 Å². The summed E-state index contributed by atoms with van der Waals surface area (Å²) in [6, 6.07) is 13.8. The Morgan fingerprint density at radius 3 is 2.71 bits per heavy atom. The molecule has 4 nitrogen and oxygen atoms in total. The second-order valence-electron chi connectivity index (χ2n) is 4.75. The molecule has 0 radical (unpaired) electrons. The summed E-state index contributed by atoms with van der Waals surface area (Å²) in [5.41, 5.74) is 9.15. The van der Waals surface area contributed by atoms with E-state index in [0.717, 1.165) is 33.7 Å². The molecule has 0 aliphatic heterocycles. The van der Waals surface area contributed by atoms with Crippen LogP contribution in [-0.4, -0.2) is 15.0 Å². The van der Waals surface area contributed by atoms with Crippen molar-refractivity contribution in [2.75, 3.05) is 5.32 Å². The van der Waals surface area contributed by atoms with E-state index in [2.05, 4.69) is 21.4 Å². The van der Waals surface area contributed by atoms with E-state index in [1.165, 1.54) is 0 Å². The van der Waals surface area contributed by atoms with Crippen LogP contribution < -0.4 is 11.1 Å². The van der Waals surface area contributed by atoms with Crippen LogP contribution in [-0.2, 0) is 0 Å². The number of hydrogen-bond donors (Lipinski definition) is 2. The topological polar surface area (TPSA) is 63.8 Å². The summed E-state index contributed by atoms with van der Waals surface area (Å²) in [7, 11) is 0. The minimum atomic E-state index is 0.344. The van der Waals surface area contributed by atoms with Crippen LogP contribution in [0.4, 0.5) is 11.5 Å². The highest BCUT2D eigenvalue weighted by molar-refractivity contribution is 7.80. The van der Waals surface area contributed by atoms with Crippen LogP contribution in [0.5, 0.6) is 0 Å². The Morgan fingerprint density at radius 1 is 1.14 bits per heavy atom. The van der Waals surface area contributed by atoms with Gasteiger partial charge in [0, 0.05) is 22.8 Å². The van der Waals surface area contributed by atoms with Crippen LogP contribution in [0.2, 0.25) is 0 Å². The lowest BCUT2D eigenvalue weighted by molar-refractivity contribution is 1.25. The molecule has 0 aliphatic carbocycles. The summed E-state index contributed by atoms with van der Waals surface area (Å²) in [4.78, 5) is 9.25. The largest absolute Gasteiger partial charge is 0.389 e. The average Bonchev–Trinajstić information content (AvgIpc) is 2.48. The molecule has 0 unspecified atom stereocenters. The van der Waals surface area contributed by atoms with Gasteiger partial charge in [-0.05, 0) is 31.2 Å². The fourth-order valence-electron chi connectivity index (χ4n) is 2.10. The molecule has 2 heterocycles. The van der Waals surface area contributed by atoms with Crippen molar-refractivity contribution in [3.63, 3.8) is 0 Å². The number of nitrogens with zero attached hydrogens (tertiary/aromatic N) is 2. The van der Waals surface area contributed by atoms with Gasteiger partial charge in [0.2, 0.25) is 0 Å². The van der Waals surface area contributed by atoms with Crippen LogP contribution in [0.15, 0.2) is 48.7 Å². The molecule has 3 rings (SSSR count). The van der Waals surface area contributed by atoms with Crippen molar-refractivity contribution in [1.29, 1.82) is 0 Å². The van der Waals surface area contributed by atoms with Crippen molar-refractivity contribution < 1.29 is 0 Å². The van der Waals surface area contributed by atoms with Crippen molar-refractivity contribution in [3.8, 4) is 0 Å². The molecule has 5 heteroatoms. The molecule has 0 amide bonds. The normalized spacial score (nSPS) is 10.5. The van der Waals surface area contributed by atoms with E-state index in [-0.39, 0.29) is 0 Å². The van der Waals surface area contributed by atoms with Crippen LogP contribution in [0.25, 0.3) is 10.9 Å². The molecular weight excluding hydrogens is 280 g/mol. The molecule has 0 fully saturated rings. The highest BCUT2D eigenvalue weighted by atomic mass is 32.1. The highest BCUT2D eigenvalue weighted by Crippen LogP contribution is 2.24. The third-order valence-electron chi connectivity index (χ3n) is 3.17. The fourth-order valence-corrected chi connectivity index (χ4v) is 2.22. The molecule has 3 N–H and O–H groups in total. The number of rotatable bonds is 3. The predicted molar refractivity (Wildman–Crippen MR) is 89.9 cm³/mol. The van der Waals surface area contributed by atoms with Gasteiger partial charge in [-0.25, -0.2) is 4.98 Å². The van der Waals surface area contributed by atoms with Gasteiger partial charge < -0.3 is 11.1 Å². The lowest BCUT2D eigenvalue weighted by Crippen LogP contribution is -2.09. The number of benzene rings is 1. The van der Waals surface area contributed by atoms with E-state index in [1.54, 1.807) is 6.20 Å². The minimum absolute atomic E-state index is 0.344. The SMILES string of the molecule is Cc1ccc2cccc(Nc3ccc(C(N)=S)cn3)c2n1. The molecule has 0 bridgehead atoms. The number of aryl methyl sites for hydroxylation is 1. The van der Waals surface area contributed by atoms with Gasteiger partial charge in [-0.2, -0.15) is 0 Å².